The largest absolute Gasteiger partial charge is 0.352 e. The van der Waals surface area contributed by atoms with Gasteiger partial charge in [0.05, 0.1) is 46.0 Å². The minimum atomic E-state index is -0.664. The summed E-state index contributed by atoms with van der Waals surface area (Å²) in [6.07, 6.45) is 9.52. The number of piperidine rings is 2. The molecule has 3 aliphatic heterocycles. The molecule has 2 N–H and O–H groups in total. The predicted octanol–water partition coefficient (Wildman–Crippen LogP) is 2.90. The first-order chi connectivity index (χ1) is 24.2. The number of benzene rings is 2. The number of amides is 5. The van der Waals surface area contributed by atoms with E-state index in [-0.39, 0.29) is 42.6 Å². The number of para-hydroxylation sites is 2. The van der Waals surface area contributed by atoms with Crippen LogP contribution >= 0.6 is 0 Å². The first kappa shape index (κ1) is 30.6. The molecule has 3 saturated carbocycles. The van der Waals surface area contributed by atoms with Crippen molar-refractivity contribution in [3.63, 3.8) is 0 Å². The molecule has 10 rings (SSSR count). The fraction of sp³-hybridized carbons (Fsp3) is 0.405. The number of hydrogen-bond donors (Lipinski definition) is 2. The van der Waals surface area contributed by atoms with Gasteiger partial charge < -0.3 is 15.1 Å². The first-order valence-electron chi connectivity index (χ1n) is 17.3. The van der Waals surface area contributed by atoms with Crippen LogP contribution in [0, 0.1) is 10.8 Å². The van der Waals surface area contributed by atoms with Crippen molar-refractivity contribution in [3.8, 4) is 11.3 Å². The molecule has 0 radical (unpaired) electrons. The highest BCUT2D eigenvalue weighted by molar-refractivity contribution is 6.05. The Hall–Kier alpha value is -5.46. The SMILES string of the molecule is O=C1CCC(N2Cc3cc(CNC(=O)C45CC(C(=O)N6CCC(n7cc(-c8cnc9ccccc9n8)cn7)CC6)(C4)C5)ccc3C2=O)C(=O)N1. The Labute approximate surface area is 287 Å². The molecule has 1 atom stereocenters. The van der Waals surface area contributed by atoms with Crippen molar-refractivity contribution in [3.05, 3.63) is 77.7 Å². The lowest BCUT2D eigenvalue weighted by molar-refractivity contribution is -0.216. The molecule has 5 heterocycles. The summed E-state index contributed by atoms with van der Waals surface area (Å²) in [5, 5.41) is 10.0. The Morgan fingerprint density at radius 3 is 2.50 bits per heavy atom. The van der Waals surface area contributed by atoms with Crippen LogP contribution in [0.2, 0.25) is 0 Å². The molecule has 2 aromatic heterocycles. The number of likely N-dealkylation sites (tertiary alicyclic amines) is 1. The Morgan fingerprint density at radius 1 is 0.940 bits per heavy atom. The third-order valence-electron chi connectivity index (χ3n) is 11.5. The molecule has 2 saturated heterocycles. The van der Waals surface area contributed by atoms with Crippen LogP contribution in [0.4, 0.5) is 0 Å². The van der Waals surface area contributed by atoms with Crippen molar-refractivity contribution in [1.29, 1.82) is 0 Å². The first-order valence-corrected chi connectivity index (χ1v) is 17.3. The molecule has 13 nitrogen and oxygen atoms in total. The summed E-state index contributed by atoms with van der Waals surface area (Å²) in [5.74, 6) is -0.838. The molecule has 0 spiro atoms. The Morgan fingerprint density at radius 2 is 1.72 bits per heavy atom. The van der Waals surface area contributed by atoms with Crippen LogP contribution in [-0.4, -0.2) is 78.2 Å². The zero-order chi connectivity index (χ0) is 34.2. The highest BCUT2D eigenvalue weighted by atomic mass is 16.2. The van der Waals surface area contributed by atoms with Crippen LogP contribution in [0.5, 0.6) is 0 Å². The molecule has 5 amide bonds. The van der Waals surface area contributed by atoms with Crippen molar-refractivity contribution in [2.24, 2.45) is 10.8 Å². The highest BCUT2D eigenvalue weighted by Gasteiger charge is 2.75. The van der Waals surface area contributed by atoms with E-state index < -0.39 is 22.8 Å². The second-order valence-electron chi connectivity index (χ2n) is 14.6. The summed E-state index contributed by atoms with van der Waals surface area (Å²) < 4.78 is 1.99. The van der Waals surface area contributed by atoms with Gasteiger partial charge in [0.25, 0.3) is 5.91 Å². The van der Waals surface area contributed by atoms with E-state index in [9.17, 15) is 24.0 Å². The molecule has 50 heavy (non-hydrogen) atoms. The van der Waals surface area contributed by atoms with Gasteiger partial charge in [0.1, 0.15) is 6.04 Å². The third-order valence-corrected chi connectivity index (χ3v) is 11.5. The third kappa shape index (κ3) is 4.89. The number of imide groups is 1. The van der Waals surface area contributed by atoms with E-state index in [1.54, 1.807) is 12.3 Å². The summed E-state index contributed by atoms with van der Waals surface area (Å²) in [4.78, 5) is 76.6. The van der Waals surface area contributed by atoms with Gasteiger partial charge in [-0.1, -0.05) is 24.3 Å². The maximum Gasteiger partial charge on any atom is 0.255 e. The van der Waals surface area contributed by atoms with Crippen molar-refractivity contribution in [2.75, 3.05) is 13.1 Å². The molecule has 1 unspecified atom stereocenters. The molecule has 13 heteroatoms. The lowest BCUT2D eigenvalue weighted by atomic mass is 9.34. The molecule has 4 aromatic rings. The average molecular weight is 673 g/mol. The average Bonchev–Trinajstić information content (AvgIpc) is 3.71. The van der Waals surface area contributed by atoms with Crippen LogP contribution in [0.15, 0.2) is 61.1 Å². The normalized spacial score (nSPS) is 25.9. The van der Waals surface area contributed by atoms with Crippen molar-refractivity contribution >= 4 is 40.6 Å². The number of aromatic nitrogens is 4. The molecular formula is C37H36N8O5. The van der Waals surface area contributed by atoms with Gasteiger partial charge in [-0.25, -0.2) is 4.98 Å². The maximum atomic E-state index is 13.6. The van der Waals surface area contributed by atoms with Crippen molar-refractivity contribution in [1.82, 2.24) is 40.2 Å². The number of fused-ring (bicyclic) bond motifs is 2. The summed E-state index contributed by atoms with van der Waals surface area (Å²) >= 11 is 0. The zero-order valence-corrected chi connectivity index (χ0v) is 27.4. The minimum Gasteiger partial charge on any atom is -0.352 e. The second-order valence-corrected chi connectivity index (χ2v) is 14.6. The highest BCUT2D eigenvalue weighted by Crippen LogP contribution is 2.74. The Kier molecular flexibility index (Phi) is 6.91. The molecule has 6 aliphatic rings. The van der Waals surface area contributed by atoms with Gasteiger partial charge in [0.15, 0.2) is 0 Å². The number of rotatable bonds is 7. The van der Waals surface area contributed by atoms with Gasteiger partial charge >= 0.3 is 0 Å². The maximum absolute atomic E-state index is 13.6. The van der Waals surface area contributed by atoms with Gasteiger partial charge in [-0.05, 0) is 67.9 Å². The topological polar surface area (TPSA) is 159 Å². The summed E-state index contributed by atoms with van der Waals surface area (Å²) in [6.45, 7) is 1.93. The standard InChI is InChI=1S/C37H36N8O5/c46-31-8-7-30(32(47)42-31)44-17-23-13-22(5-6-26(23)33(44)48)14-39-34(49)36-19-37(20-36,21-36)35(50)43-11-9-25(10-12-43)45-18-24(15-40-45)29-16-38-27-3-1-2-4-28(27)41-29/h1-6,13,15-16,18,25,30H,7-12,14,17,19-21H2,(H,39,49)(H,42,46,47). The number of carbonyl (C=O) groups excluding carboxylic acids is 5. The van der Waals surface area contributed by atoms with Gasteiger partial charge in [-0.15, -0.1) is 0 Å². The number of nitrogens with one attached hydrogen (secondary N) is 2. The summed E-state index contributed by atoms with van der Waals surface area (Å²) in [7, 11) is 0. The number of nitrogens with zero attached hydrogens (tertiary/aromatic N) is 6. The van der Waals surface area contributed by atoms with E-state index >= 15 is 0 Å². The van der Waals surface area contributed by atoms with Gasteiger partial charge in [-0.3, -0.25) is 39.0 Å². The van der Waals surface area contributed by atoms with Gasteiger partial charge in [0.2, 0.25) is 23.6 Å². The van der Waals surface area contributed by atoms with Crippen LogP contribution in [0.3, 0.4) is 0 Å². The van der Waals surface area contributed by atoms with Crippen LogP contribution in [0.1, 0.15) is 72.5 Å². The lowest BCUT2D eigenvalue weighted by Gasteiger charge is -2.68. The molecular weight excluding hydrogens is 636 g/mol. The molecule has 254 valence electrons. The minimum absolute atomic E-state index is 0.0294. The fourth-order valence-electron chi connectivity index (χ4n) is 8.80. The van der Waals surface area contributed by atoms with Gasteiger partial charge in [-0.2, -0.15) is 5.10 Å². The van der Waals surface area contributed by atoms with Crippen molar-refractivity contribution in [2.45, 2.75) is 70.1 Å². The van der Waals surface area contributed by atoms with E-state index in [1.807, 2.05) is 58.4 Å². The van der Waals surface area contributed by atoms with Crippen LogP contribution in [0.25, 0.3) is 22.3 Å². The zero-order valence-electron chi connectivity index (χ0n) is 27.4. The molecule has 2 bridgehead atoms. The molecule has 2 aromatic carbocycles. The number of carbonyl (C=O) groups is 5. The van der Waals surface area contributed by atoms with E-state index in [0.29, 0.717) is 50.9 Å². The monoisotopic (exact) mass is 672 g/mol. The smallest absolute Gasteiger partial charge is 0.255 e. The Balaban J connectivity index is 0.758. The molecule has 3 aliphatic carbocycles. The van der Waals surface area contributed by atoms with E-state index in [2.05, 4.69) is 20.7 Å². The van der Waals surface area contributed by atoms with Crippen LogP contribution in [-0.2, 0) is 32.3 Å². The van der Waals surface area contributed by atoms with Crippen molar-refractivity contribution < 1.29 is 24.0 Å². The quantitative estimate of drug-likeness (QED) is 0.284. The van der Waals surface area contributed by atoms with Gasteiger partial charge in [0, 0.05) is 49.9 Å². The summed E-state index contributed by atoms with van der Waals surface area (Å²) in [5.41, 5.74) is 4.70. The van der Waals surface area contributed by atoms with E-state index in [0.717, 1.165) is 46.3 Å². The Bertz CT molecular complexity index is 2100. The van der Waals surface area contributed by atoms with Crippen LogP contribution < -0.4 is 10.6 Å². The second kappa shape index (κ2) is 11.3. The number of hydrogen-bond acceptors (Lipinski definition) is 8. The van der Waals surface area contributed by atoms with E-state index in [4.69, 9.17) is 4.98 Å². The van der Waals surface area contributed by atoms with E-state index in [1.165, 1.54) is 4.90 Å². The fourth-order valence-corrected chi connectivity index (χ4v) is 8.80. The molecule has 5 fully saturated rings. The lowest BCUT2D eigenvalue weighted by Crippen LogP contribution is -2.72. The summed E-state index contributed by atoms with van der Waals surface area (Å²) in [6, 6.07) is 12.8. The predicted molar refractivity (Wildman–Crippen MR) is 179 cm³/mol.